The van der Waals surface area contributed by atoms with E-state index >= 15 is 0 Å². The van der Waals surface area contributed by atoms with Gasteiger partial charge in [0.2, 0.25) is 5.91 Å². The first-order chi connectivity index (χ1) is 9.23. The number of nitrogens with one attached hydrogen (secondary N) is 1. The van der Waals surface area contributed by atoms with Gasteiger partial charge in [0.05, 0.1) is 12.0 Å². The van der Waals surface area contributed by atoms with E-state index in [4.69, 9.17) is 0 Å². The predicted octanol–water partition coefficient (Wildman–Crippen LogP) is 0.852. The number of carbonyl (C=O) groups excluding carboxylic acids is 1. The molecule has 2 aliphatic rings. The number of halogens is 3. The van der Waals surface area contributed by atoms with Crippen molar-refractivity contribution >= 4 is 11.9 Å². The number of carboxylic acid groups (broad SMARTS) is 1. The van der Waals surface area contributed by atoms with Crippen LogP contribution in [0.4, 0.5) is 13.2 Å². The van der Waals surface area contributed by atoms with Crippen LogP contribution in [0.1, 0.15) is 19.3 Å². The summed E-state index contributed by atoms with van der Waals surface area (Å²) in [4.78, 5) is 24.5. The van der Waals surface area contributed by atoms with Gasteiger partial charge in [0, 0.05) is 13.1 Å². The molecule has 0 bridgehead atoms. The SMILES string of the molecule is O=C(CN1C[C@@H]2CCC[C@@]2(C(=O)O)C1)NCC(F)(F)F. The van der Waals surface area contributed by atoms with Crippen LogP contribution in [0.15, 0.2) is 0 Å². The molecule has 2 N–H and O–H groups in total. The molecule has 0 spiro atoms. The van der Waals surface area contributed by atoms with E-state index in [1.54, 1.807) is 10.2 Å². The third-order valence-electron chi connectivity index (χ3n) is 4.22. The number of nitrogens with zero attached hydrogens (tertiary/aromatic N) is 1. The summed E-state index contributed by atoms with van der Waals surface area (Å²) in [7, 11) is 0. The average molecular weight is 294 g/mol. The molecule has 114 valence electrons. The second-order valence-electron chi connectivity index (χ2n) is 5.61. The molecule has 0 unspecified atom stereocenters. The molecule has 2 rings (SSSR count). The second kappa shape index (κ2) is 5.23. The molecule has 0 aromatic heterocycles. The molecule has 1 amide bonds. The minimum absolute atomic E-state index is 0.00424. The molecule has 2 fully saturated rings. The zero-order valence-corrected chi connectivity index (χ0v) is 10.9. The summed E-state index contributed by atoms with van der Waals surface area (Å²) >= 11 is 0. The number of likely N-dealkylation sites (tertiary alicyclic amines) is 1. The lowest BCUT2D eigenvalue weighted by atomic mass is 9.81. The molecular weight excluding hydrogens is 277 g/mol. The van der Waals surface area contributed by atoms with Crippen molar-refractivity contribution in [3.63, 3.8) is 0 Å². The van der Waals surface area contributed by atoms with Crippen LogP contribution in [0.2, 0.25) is 0 Å². The largest absolute Gasteiger partial charge is 0.481 e. The molecule has 8 heteroatoms. The fourth-order valence-corrected chi connectivity index (χ4v) is 3.32. The average Bonchev–Trinajstić information content (AvgIpc) is 2.82. The van der Waals surface area contributed by atoms with Crippen molar-refractivity contribution < 1.29 is 27.9 Å². The number of carbonyl (C=O) groups is 2. The molecule has 0 aromatic rings. The van der Waals surface area contributed by atoms with Gasteiger partial charge in [-0.2, -0.15) is 13.2 Å². The Balaban J connectivity index is 1.87. The van der Waals surface area contributed by atoms with Crippen LogP contribution in [0.5, 0.6) is 0 Å². The highest BCUT2D eigenvalue weighted by atomic mass is 19.4. The smallest absolute Gasteiger partial charge is 0.405 e. The van der Waals surface area contributed by atoms with E-state index < -0.39 is 30.0 Å². The summed E-state index contributed by atoms with van der Waals surface area (Å²) in [5.74, 6) is -1.59. The summed E-state index contributed by atoms with van der Waals surface area (Å²) in [5.41, 5.74) is -0.815. The maximum Gasteiger partial charge on any atom is 0.405 e. The summed E-state index contributed by atoms with van der Waals surface area (Å²) in [5, 5.41) is 11.2. The van der Waals surface area contributed by atoms with E-state index in [1.165, 1.54) is 0 Å². The Bertz CT molecular complexity index is 413. The Labute approximate surface area is 114 Å². The first kappa shape index (κ1) is 15.1. The molecule has 1 saturated carbocycles. The van der Waals surface area contributed by atoms with Gasteiger partial charge in [-0.3, -0.25) is 14.5 Å². The van der Waals surface area contributed by atoms with E-state index in [1.807, 2.05) is 0 Å². The molecule has 1 aliphatic carbocycles. The van der Waals surface area contributed by atoms with Crippen molar-refractivity contribution in [2.24, 2.45) is 11.3 Å². The number of alkyl halides is 3. The van der Waals surface area contributed by atoms with Gasteiger partial charge in [0.1, 0.15) is 6.54 Å². The van der Waals surface area contributed by atoms with Crippen molar-refractivity contribution in [1.29, 1.82) is 0 Å². The van der Waals surface area contributed by atoms with Crippen LogP contribution >= 0.6 is 0 Å². The first-order valence-electron chi connectivity index (χ1n) is 6.52. The molecule has 1 saturated heterocycles. The molecule has 0 radical (unpaired) electrons. The molecule has 2 atom stereocenters. The van der Waals surface area contributed by atoms with Crippen molar-refractivity contribution in [3.8, 4) is 0 Å². The topological polar surface area (TPSA) is 69.6 Å². The van der Waals surface area contributed by atoms with Crippen LogP contribution in [-0.4, -0.2) is 54.2 Å². The van der Waals surface area contributed by atoms with Crippen molar-refractivity contribution in [3.05, 3.63) is 0 Å². The number of aliphatic carboxylic acids is 1. The first-order valence-corrected chi connectivity index (χ1v) is 6.52. The maximum absolute atomic E-state index is 12.0. The van der Waals surface area contributed by atoms with Gasteiger partial charge in [-0.25, -0.2) is 0 Å². The third kappa shape index (κ3) is 3.05. The minimum atomic E-state index is -4.43. The Morgan fingerprint density at radius 1 is 1.40 bits per heavy atom. The Morgan fingerprint density at radius 3 is 2.65 bits per heavy atom. The highest BCUT2D eigenvalue weighted by molar-refractivity contribution is 5.79. The summed E-state index contributed by atoms with van der Waals surface area (Å²) in [6, 6.07) is 0. The lowest BCUT2D eigenvalue weighted by Crippen LogP contribution is -2.42. The van der Waals surface area contributed by atoms with Gasteiger partial charge in [0.25, 0.3) is 0 Å². The Morgan fingerprint density at radius 2 is 2.10 bits per heavy atom. The van der Waals surface area contributed by atoms with Crippen LogP contribution in [0.25, 0.3) is 0 Å². The van der Waals surface area contributed by atoms with E-state index in [-0.39, 0.29) is 19.0 Å². The molecule has 5 nitrogen and oxygen atoms in total. The maximum atomic E-state index is 12.0. The number of hydrogen-bond acceptors (Lipinski definition) is 3. The van der Waals surface area contributed by atoms with E-state index in [0.717, 1.165) is 12.8 Å². The number of rotatable bonds is 4. The number of hydrogen-bond donors (Lipinski definition) is 2. The van der Waals surface area contributed by atoms with E-state index in [9.17, 15) is 27.9 Å². The summed E-state index contributed by atoms with van der Waals surface area (Å²) in [6.45, 7) is -0.826. The number of fused-ring (bicyclic) bond motifs is 1. The lowest BCUT2D eigenvalue weighted by Gasteiger charge is -2.23. The van der Waals surface area contributed by atoms with Crippen LogP contribution in [-0.2, 0) is 9.59 Å². The normalized spacial score (nSPS) is 30.2. The number of amides is 1. The number of carboxylic acids is 1. The Kier molecular flexibility index (Phi) is 3.95. The van der Waals surface area contributed by atoms with Gasteiger partial charge < -0.3 is 10.4 Å². The zero-order valence-electron chi connectivity index (χ0n) is 10.9. The quantitative estimate of drug-likeness (QED) is 0.806. The zero-order chi connectivity index (χ0) is 15.0. The second-order valence-corrected chi connectivity index (χ2v) is 5.61. The van der Waals surface area contributed by atoms with Crippen molar-refractivity contribution in [2.75, 3.05) is 26.2 Å². The van der Waals surface area contributed by atoms with Crippen LogP contribution in [0.3, 0.4) is 0 Å². The monoisotopic (exact) mass is 294 g/mol. The minimum Gasteiger partial charge on any atom is -0.481 e. The molecular formula is C12H17F3N2O3. The van der Waals surface area contributed by atoms with Gasteiger partial charge in [-0.05, 0) is 18.8 Å². The van der Waals surface area contributed by atoms with Crippen LogP contribution in [0, 0.1) is 11.3 Å². The standard InChI is InChI=1S/C12H17F3N2O3/c13-12(14,15)6-16-9(18)5-17-4-8-2-1-3-11(8,7-17)10(19)20/h8H,1-7H2,(H,16,18)(H,19,20)/t8-,11+/m0/s1. The fraction of sp³-hybridized carbons (Fsp3) is 0.833. The molecule has 1 aliphatic heterocycles. The molecule has 20 heavy (non-hydrogen) atoms. The van der Waals surface area contributed by atoms with Crippen LogP contribution < -0.4 is 5.32 Å². The highest BCUT2D eigenvalue weighted by Crippen LogP contribution is 2.48. The van der Waals surface area contributed by atoms with Gasteiger partial charge in [0.15, 0.2) is 0 Å². The van der Waals surface area contributed by atoms with Gasteiger partial charge in [-0.1, -0.05) is 6.42 Å². The Hall–Kier alpha value is -1.31. The fourth-order valence-electron chi connectivity index (χ4n) is 3.32. The lowest BCUT2D eigenvalue weighted by molar-refractivity contribution is -0.149. The molecule has 1 heterocycles. The van der Waals surface area contributed by atoms with Crippen molar-refractivity contribution in [1.82, 2.24) is 10.2 Å². The van der Waals surface area contributed by atoms with E-state index in [0.29, 0.717) is 13.0 Å². The predicted molar refractivity (Wildman–Crippen MR) is 62.9 cm³/mol. The highest BCUT2D eigenvalue weighted by Gasteiger charge is 2.54. The van der Waals surface area contributed by atoms with Crippen molar-refractivity contribution in [2.45, 2.75) is 25.4 Å². The van der Waals surface area contributed by atoms with E-state index in [2.05, 4.69) is 0 Å². The summed E-state index contributed by atoms with van der Waals surface area (Å²) in [6.07, 6.45) is -2.20. The van der Waals surface area contributed by atoms with Gasteiger partial charge >= 0.3 is 12.1 Å². The summed E-state index contributed by atoms with van der Waals surface area (Å²) < 4.78 is 35.9. The molecule has 0 aromatic carbocycles. The third-order valence-corrected chi connectivity index (χ3v) is 4.22. The van der Waals surface area contributed by atoms with Gasteiger partial charge in [-0.15, -0.1) is 0 Å².